The molecule has 0 fully saturated rings. The van der Waals surface area contributed by atoms with Gasteiger partial charge in [-0.1, -0.05) is 48.6 Å². The zero-order valence-electron chi connectivity index (χ0n) is 11.0. The standard InChI is InChI=1S/C17H12BrNOS/c18-14-7-3-4-8-16(14)20-15-10-9-13(17(19)21)11-5-1-2-6-12(11)15/h1-10H,(H2,19,21). The summed E-state index contributed by atoms with van der Waals surface area (Å²) in [6.45, 7) is 0. The fraction of sp³-hybridized carbons (Fsp3) is 0. The molecule has 21 heavy (non-hydrogen) atoms. The van der Waals surface area contributed by atoms with Gasteiger partial charge in [0.05, 0.1) is 4.47 Å². The van der Waals surface area contributed by atoms with E-state index in [2.05, 4.69) is 15.9 Å². The molecule has 0 radical (unpaired) electrons. The molecule has 3 aromatic carbocycles. The molecule has 0 bridgehead atoms. The van der Waals surface area contributed by atoms with E-state index in [1.165, 1.54) is 0 Å². The first-order valence-electron chi connectivity index (χ1n) is 6.41. The molecule has 0 atom stereocenters. The number of hydrogen-bond acceptors (Lipinski definition) is 2. The molecule has 104 valence electrons. The van der Waals surface area contributed by atoms with Crippen molar-refractivity contribution in [3.05, 3.63) is 70.7 Å². The zero-order valence-corrected chi connectivity index (χ0v) is 13.4. The molecule has 0 saturated heterocycles. The number of nitrogens with two attached hydrogens (primary N) is 1. The minimum absolute atomic E-state index is 0.388. The molecule has 0 spiro atoms. The van der Waals surface area contributed by atoms with Crippen molar-refractivity contribution < 1.29 is 4.74 Å². The topological polar surface area (TPSA) is 35.2 Å². The van der Waals surface area contributed by atoms with Crippen molar-refractivity contribution in [1.82, 2.24) is 0 Å². The van der Waals surface area contributed by atoms with Crippen LogP contribution in [-0.2, 0) is 0 Å². The summed E-state index contributed by atoms with van der Waals surface area (Å²) in [7, 11) is 0. The first-order chi connectivity index (χ1) is 10.2. The Labute approximate surface area is 136 Å². The van der Waals surface area contributed by atoms with Crippen LogP contribution in [-0.4, -0.2) is 4.99 Å². The molecular weight excluding hydrogens is 346 g/mol. The van der Waals surface area contributed by atoms with E-state index >= 15 is 0 Å². The van der Waals surface area contributed by atoms with Gasteiger partial charge >= 0.3 is 0 Å². The summed E-state index contributed by atoms with van der Waals surface area (Å²) in [5.41, 5.74) is 6.65. The van der Waals surface area contributed by atoms with Crippen molar-refractivity contribution >= 4 is 43.9 Å². The molecular formula is C17H12BrNOS. The van der Waals surface area contributed by atoms with E-state index in [-0.39, 0.29) is 0 Å². The van der Waals surface area contributed by atoms with Gasteiger partial charge in [0.15, 0.2) is 0 Å². The number of fused-ring (bicyclic) bond motifs is 1. The third-order valence-corrected chi connectivity index (χ3v) is 4.08. The third-order valence-electron chi connectivity index (χ3n) is 3.21. The van der Waals surface area contributed by atoms with E-state index in [0.717, 1.165) is 32.3 Å². The molecule has 0 aliphatic rings. The van der Waals surface area contributed by atoms with Gasteiger partial charge in [0, 0.05) is 10.9 Å². The fourth-order valence-electron chi connectivity index (χ4n) is 2.22. The number of hydrogen-bond donors (Lipinski definition) is 1. The van der Waals surface area contributed by atoms with Gasteiger partial charge in [0.2, 0.25) is 0 Å². The average molecular weight is 358 g/mol. The van der Waals surface area contributed by atoms with Gasteiger partial charge in [-0.3, -0.25) is 0 Å². The number of ether oxygens (including phenoxy) is 1. The molecule has 4 heteroatoms. The van der Waals surface area contributed by atoms with Gasteiger partial charge in [-0.2, -0.15) is 0 Å². The number of para-hydroxylation sites is 1. The van der Waals surface area contributed by atoms with Crippen molar-refractivity contribution in [3.8, 4) is 11.5 Å². The molecule has 0 aliphatic carbocycles. The van der Waals surface area contributed by atoms with Crippen LogP contribution in [0.15, 0.2) is 65.1 Å². The Kier molecular flexibility index (Phi) is 3.90. The Balaban J connectivity index is 2.14. The van der Waals surface area contributed by atoms with Gasteiger partial charge in [-0.15, -0.1) is 0 Å². The highest BCUT2D eigenvalue weighted by molar-refractivity contribution is 9.10. The van der Waals surface area contributed by atoms with Crippen LogP contribution in [0.25, 0.3) is 10.8 Å². The molecule has 0 saturated carbocycles. The highest BCUT2D eigenvalue weighted by atomic mass is 79.9. The molecule has 0 heterocycles. The quantitative estimate of drug-likeness (QED) is 0.667. The van der Waals surface area contributed by atoms with Gasteiger partial charge < -0.3 is 10.5 Å². The average Bonchev–Trinajstić information content (AvgIpc) is 2.49. The maximum Gasteiger partial charge on any atom is 0.141 e. The number of benzene rings is 3. The SMILES string of the molecule is NC(=S)c1ccc(Oc2ccccc2Br)c2ccccc12. The largest absolute Gasteiger partial charge is 0.456 e. The van der Waals surface area contributed by atoms with E-state index in [9.17, 15) is 0 Å². The van der Waals surface area contributed by atoms with Crippen LogP contribution in [0.4, 0.5) is 0 Å². The monoisotopic (exact) mass is 357 g/mol. The molecule has 0 unspecified atom stereocenters. The van der Waals surface area contributed by atoms with Crippen LogP contribution in [0.5, 0.6) is 11.5 Å². The Hall–Kier alpha value is -1.91. The van der Waals surface area contributed by atoms with E-state index in [4.69, 9.17) is 22.7 Å². The van der Waals surface area contributed by atoms with E-state index in [1.807, 2.05) is 60.7 Å². The summed E-state index contributed by atoms with van der Waals surface area (Å²) in [5, 5.41) is 1.98. The summed E-state index contributed by atoms with van der Waals surface area (Å²) in [5.74, 6) is 1.54. The summed E-state index contributed by atoms with van der Waals surface area (Å²) in [4.78, 5) is 0.388. The fourth-order valence-corrected chi connectivity index (χ4v) is 2.76. The first-order valence-corrected chi connectivity index (χ1v) is 7.61. The second-order valence-electron chi connectivity index (χ2n) is 4.55. The lowest BCUT2D eigenvalue weighted by Crippen LogP contribution is -2.09. The Morgan fingerprint density at radius 3 is 2.24 bits per heavy atom. The van der Waals surface area contributed by atoms with Crippen molar-refractivity contribution in [3.63, 3.8) is 0 Å². The Morgan fingerprint density at radius 2 is 1.52 bits per heavy atom. The summed E-state index contributed by atoms with van der Waals surface area (Å²) in [6, 6.07) is 19.5. The van der Waals surface area contributed by atoms with E-state index in [0.29, 0.717) is 4.99 Å². The van der Waals surface area contributed by atoms with Crippen LogP contribution < -0.4 is 10.5 Å². The van der Waals surface area contributed by atoms with Crippen LogP contribution in [0, 0.1) is 0 Å². The summed E-state index contributed by atoms with van der Waals surface area (Å²) >= 11 is 8.60. The molecule has 0 aromatic heterocycles. The molecule has 3 aromatic rings. The smallest absolute Gasteiger partial charge is 0.141 e. The second-order valence-corrected chi connectivity index (χ2v) is 5.85. The van der Waals surface area contributed by atoms with Crippen LogP contribution in [0.2, 0.25) is 0 Å². The predicted molar refractivity (Wildman–Crippen MR) is 94.1 cm³/mol. The van der Waals surface area contributed by atoms with Crippen molar-refractivity contribution in [2.45, 2.75) is 0 Å². The maximum absolute atomic E-state index is 6.03. The normalized spacial score (nSPS) is 10.5. The highest BCUT2D eigenvalue weighted by Crippen LogP contribution is 2.34. The predicted octanol–water partition coefficient (Wildman–Crippen LogP) is 5.03. The minimum Gasteiger partial charge on any atom is -0.456 e. The molecule has 0 aliphatic heterocycles. The lowest BCUT2D eigenvalue weighted by molar-refractivity contribution is 0.485. The van der Waals surface area contributed by atoms with Gasteiger partial charge in [-0.05, 0) is 45.6 Å². The van der Waals surface area contributed by atoms with Gasteiger partial charge in [0.25, 0.3) is 0 Å². The lowest BCUT2D eigenvalue weighted by atomic mass is 10.0. The van der Waals surface area contributed by atoms with Crippen molar-refractivity contribution in [2.24, 2.45) is 5.73 Å². The number of thiocarbonyl (C=S) groups is 1. The van der Waals surface area contributed by atoms with Crippen molar-refractivity contribution in [2.75, 3.05) is 0 Å². The van der Waals surface area contributed by atoms with E-state index in [1.54, 1.807) is 0 Å². The van der Waals surface area contributed by atoms with Crippen LogP contribution in [0.1, 0.15) is 5.56 Å². The second kappa shape index (κ2) is 5.84. The zero-order chi connectivity index (χ0) is 14.8. The maximum atomic E-state index is 6.03. The molecule has 2 N–H and O–H groups in total. The summed E-state index contributed by atoms with van der Waals surface area (Å²) in [6.07, 6.45) is 0. The van der Waals surface area contributed by atoms with Crippen LogP contribution >= 0.6 is 28.1 Å². The molecule has 0 amide bonds. The number of halogens is 1. The lowest BCUT2D eigenvalue weighted by Gasteiger charge is -2.12. The van der Waals surface area contributed by atoms with Gasteiger partial charge in [-0.25, -0.2) is 0 Å². The highest BCUT2D eigenvalue weighted by Gasteiger charge is 2.10. The minimum atomic E-state index is 0.388. The van der Waals surface area contributed by atoms with Gasteiger partial charge in [0.1, 0.15) is 16.5 Å². The summed E-state index contributed by atoms with van der Waals surface area (Å²) < 4.78 is 6.94. The van der Waals surface area contributed by atoms with Crippen molar-refractivity contribution in [1.29, 1.82) is 0 Å². The van der Waals surface area contributed by atoms with Crippen LogP contribution in [0.3, 0.4) is 0 Å². The Morgan fingerprint density at radius 1 is 0.857 bits per heavy atom. The molecule has 3 rings (SSSR count). The Bertz CT molecular complexity index is 832. The van der Waals surface area contributed by atoms with E-state index < -0.39 is 0 Å². The third kappa shape index (κ3) is 2.77. The number of rotatable bonds is 3. The first kappa shape index (κ1) is 14.0. The molecule has 2 nitrogen and oxygen atoms in total.